The molecule has 1 radical (unpaired) electrons. The van der Waals surface area contributed by atoms with E-state index in [9.17, 15) is 0 Å². The first kappa shape index (κ1) is 13.7. The van der Waals surface area contributed by atoms with Gasteiger partial charge in [0, 0.05) is 5.97 Å². The van der Waals surface area contributed by atoms with Crippen LogP contribution in [-0.2, 0) is 34.2 Å². The van der Waals surface area contributed by atoms with E-state index in [-0.39, 0.29) is 16.8 Å². The van der Waals surface area contributed by atoms with Crippen LogP contribution in [0.15, 0.2) is 17.7 Å². The maximum atomic E-state index is 8.89. The van der Waals surface area contributed by atoms with Crippen LogP contribution in [0.5, 0.6) is 0 Å². The molecule has 0 bridgehead atoms. The summed E-state index contributed by atoms with van der Waals surface area (Å²) < 4.78 is 0. The van der Waals surface area contributed by atoms with Gasteiger partial charge in [-0.3, -0.25) is 4.98 Å². The number of carboxylic acids is 1. The molecular weight excluding hydrogens is 263 g/mol. The van der Waals surface area contributed by atoms with Gasteiger partial charge in [0.2, 0.25) is 0 Å². The average molecular weight is 269 g/mol. The van der Waals surface area contributed by atoms with Crippen LogP contribution < -0.4 is 5.11 Å². The molecular formula is C7H6CoN4O2S. The number of aromatic nitrogens is 4. The van der Waals surface area contributed by atoms with Gasteiger partial charge in [0.25, 0.3) is 0 Å². The topological polar surface area (TPSA) is 94.6 Å². The van der Waals surface area contributed by atoms with Gasteiger partial charge in [-0.25, -0.2) is 9.97 Å². The molecule has 2 aromatic heterocycles. The molecule has 0 saturated heterocycles. The first-order chi connectivity index (χ1) is 6.61. The minimum absolute atomic E-state index is 0. The van der Waals surface area contributed by atoms with Gasteiger partial charge in [-0.1, -0.05) is 5.03 Å². The molecule has 0 aromatic carbocycles. The van der Waals surface area contributed by atoms with Crippen molar-refractivity contribution in [2.45, 2.75) is 11.9 Å². The van der Waals surface area contributed by atoms with Gasteiger partial charge in [-0.2, -0.15) is 0 Å². The van der Waals surface area contributed by atoms with E-state index in [0.717, 1.165) is 12.4 Å². The summed E-state index contributed by atoms with van der Waals surface area (Å²) in [5.74, 6) is -1.08. The molecule has 0 aliphatic rings. The first-order valence-corrected chi connectivity index (χ1v) is 4.00. The van der Waals surface area contributed by atoms with Crippen LogP contribution >= 0.6 is 0 Å². The van der Waals surface area contributed by atoms with E-state index in [4.69, 9.17) is 22.5 Å². The zero-order valence-electron chi connectivity index (χ0n) is 7.55. The van der Waals surface area contributed by atoms with E-state index in [2.05, 4.69) is 19.9 Å². The number of imidazole rings is 1. The Hall–Kier alpha value is -1.25. The Balaban J connectivity index is 0.000000346. The molecule has 2 rings (SSSR count). The standard InChI is InChI=1S/C5H4N4S.C2H4O2.Co/c10-5-3-4(7-1-6-3)8-2-9-5;1-2(3)4;/h1-2H,(H2,6,7,8,9,10);1H3,(H,3,4);/q;;+2/p-2. The molecule has 6 nitrogen and oxygen atoms in total. The van der Waals surface area contributed by atoms with Crippen LogP contribution in [0.1, 0.15) is 6.92 Å². The normalized spacial score (nSPS) is 8.60. The van der Waals surface area contributed by atoms with E-state index in [1.54, 1.807) is 6.33 Å². The van der Waals surface area contributed by atoms with Gasteiger partial charge in [0.15, 0.2) is 5.65 Å². The predicted octanol–water partition coefficient (Wildman–Crippen LogP) is -0.988. The third kappa shape index (κ3) is 4.19. The fourth-order valence-corrected chi connectivity index (χ4v) is 0.940. The monoisotopic (exact) mass is 269 g/mol. The molecule has 1 N–H and O–H groups in total. The van der Waals surface area contributed by atoms with E-state index < -0.39 is 5.97 Å². The predicted molar refractivity (Wildman–Crippen MR) is 48.0 cm³/mol. The summed E-state index contributed by atoms with van der Waals surface area (Å²) in [6.45, 7) is 0.972. The molecule has 2 aromatic rings. The Labute approximate surface area is 101 Å². The second kappa shape index (κ2) is 6.27. The van der Waals surface area contributed by atoms with E-state index in [1.165, 1.54) is 6.33 Å². The summed E-state index contributed by atoms with van der Waals surface area (Å²) in [6, 6.07) is 0. The Morgan fingerprint density at radius 3 is 2.60 bits per heavy atom. The molecule has 0 atom stereocenters. The number of hydrogen-bond donors (Lipinski definition) is 1. The van der Waals surface area contributed by atoms with Crippen molar-refractivity contribution < 1.29 is 26.7 Å². The van der Waals surface area contributed by atoms with Crippen LogP contribution in [0, 0.1) is 0 Å². The number of rotatable bonds is 0. The fraction of sp³-hybridized carbons (Fsp3) is 0.143. The summed E-state index contributed by atoms with van der Waals surface area (Å²) >= 11 is 4.89. The number of nitrogens with zero attached hydrogens (tertiary/aromatic N) is 3. The minimum Gasteiger partial charge on any atom is -0.758 e. The zero-order chi connectivity index (χ0) is 10.6. The molecule has 0 fully saturated rings. The van der Waals surface area contributed by atoms with Crippen LogP contribution in [0.4, 0.5) is 0 Å². The summed E-state index contributed by atoms with van der Waals surface area (Å²) in [7, 11) is 0. The quantitative estimate of drug-likeness (QED) is 0.487. The van der Waals surface area contributed by atoms with Crippen LogP contribution in [0.2, 0.25) is 0 Å². The number of nitrogens with one attached hydrogen (secondary N) is 1. The van der Waals surface area contributed by atoms with Gasteiger partial charge in [-0.05, 0) is 6.92 Å². The fourth-order valence-electron chi connectivity index (χ4n) is 0.743. The van der Waals surface area contributed by atoms with Crippen LogP contribution in [-0.4, -0.2) is 25.9 Å². The molecule has 81 valence electrons. The molecule has 0 unspecified atom stereocenters. The van der Waals surface area contributed by atoms with Crippen molar-refractivity contribution in [3.05, 3.63) is 12.7 Å². The van der Waals surface area contributed by atoms with E-state index in [1.807, 2.05) is 0 Å². The van der Waals surface area contributed by atoms with Gasteiger partial charge < -0.3 is 27.5 Å². The largest absolute Gasteiger partial charge is 2.00 e. The Morgan fingerprint density at radius 1 is 1.47 bits per heavy atom. The number of aromatic amines is 1. The molecule has 2 heterocycles. The molecule has 0 aliphatic carbocycles. The number of fused-ring (bicyclic) bond motifs is 1. The molecule has 15 heavy (non-hydrogen) atoms. The van der Waals surface area contributed by atoms with E-state index in [0.29, 0.717) is 10.7 Å². The van der Waals surface area contributed by atoms with Crippen LogP contribution in [0.25, 0.3) is 11.2 Å². The van der Waals surface area contributed by atoms with Gasteiger partial charge in [0.1, 0.15) is 6.33 Å². The summed E-state index contributed by atoms with van der Waals surface area (Å²) in [6.07, 6.45) is 2.96. The SMILES string of the molecule is CC(=O)[O-].[Co+2].[S-]c1ncnc2nc[nH]c12. The number of H-pyrrole nitrogens is 1. The van der Waals surface area contributed by atoms with Crippen molar-refractivity contribution in [2.75, 3.05) is 0 Å². The average Bonchev–Trinajstić information content (AvgIpc) is 2.52. The first-order valence-electron chi connectivity index (χ1n) is 3.60. The maximum Gasteiger partial charge on any atom is 2.00 e. The second-order valence-corrected chi connectivity index (χ2v) is 2.66. The number of aliphatic carboxylic acids is 1. The molecule has 0 amide bonds. The summed E-state index contributed by atoms with van der Waals surface area (Å²) in [4.78, 5) is 23.3. The van der Waals surface area contributed by atoms with Crippen LogP contribution in [0.3, 0.4) is 0 Å². The Morgan fingerprint density at radius 2 is 2.07 bits per heavy atom. The van der Waals surface area contributed by atoms with Crippen molar-refractivity contribution in [1.82, 2.24) is 19.9 Å². The van der Waals surface area contributed by atoms with Crippen molar-refractivity contribution in [1.29, 1.82) is 0 Å². The molecule has 0 spiro atoms. The zero-order valence-corrected chi connectivity index (χ0v) is 9.41. The third-order valence-electron chi connectivity index (χ3n) is 1.19. The van der Waals surface area contributed by atoms with Gasteiger partial charge >= 0.3 is 16.8 Å². The maximum absolute atomic E-state index is 8.89. The number of hydrogen-bond acceptors (Lipinski definition) is 6. The smallest absolute Gasteiger partial charge is 0.758 e. The second-order valence-electron chi connectivity index (χ2n) is 2.27. The summed E-state index contributed by atoms with van der Waals surface area (Å²) in [5, 5.41) is 9.41. The molecule has 0 saturated carbocycles. The van der Waals surface area contributed by atoms with Crippen molar-refractivity contribution in [2.24, 2.45) is 0 Å². The number of carbonyl (C=O) groups excluding carboxylic acids is 1. The molecule has 8 heteroatoms. The Kier molecular flexibility index (Phi) is 5.75. The van der Waals surface area contributed by atoms with Crippen molar-refractivity contribution in [3.8, 4) is 0 Å². The molecule has 0 aliphatic heterocycles. The van der Waals surface area contributed by atoms with E-state index >= 15 is 0 Å². The van der Waals surface area contributed by atoms with Gasteiger partial charge in [0.05, 0.1) is 11.8 Å². The third-order valence-corrected chi connectivity index (χ3v) is 1.50. The summed E-state index contributed by atoms with van der Waals surface area (Å²) in [5.41, 5.74) is 1.36. The number of carboxylic acid groups (broad SMARTS) is 1. The van der Waals surface area contributed by atoms with Crippen molar-refractivity contribution in [3.63, 3.8) is 0 Å². The van der Waals surface area contributed by atoms with Gasteiger partial charge in [-0.15, -0.1) is 0 Å². The Bertz CT molecular complexity index is 443. The minimum atomic E-state index is -1.08. The van der Waals surface area contributed by atoms with Crippen molar-refractivity contribution >= 4 is 29.8 Å². The number of carbonyl (C=O) groups is 1.